The molecule has 29 heavy (non-hydrogen) atoms. The fraction of sp³-hybridized carbons (Fsp3) is 0.130. The fourth-order valence-corrected chi connectivity index (χ4v) is 3.87. The van der Waals surface area contributed by atoms with Crippen LogP contribution in [-0.2, 0) is 6.54 Å². The van der Waals surface area contributed by atoms with Crippen LogP contribution in [0.15, 0.2) is 54.6 Å². The van der Waals surface area contributed by atoms with Gasteiger partial charge in [-0.05, 0) is 72.0 Å². The quantitative estimate of drug-likeness (QED) is 0.537. The normalized spacial score (nSPS) is 12.3. The number of urea groups is 1. The van der Waals surface area contributed by atoms with Crippen molar-refractivity contribution in [3.8, 4) is 11.1 Å². The number of hydrogen-bond acceptors (Lipinski definition) is 2. The number of amides is 3. The van der Waals surface area contributed by atoms with Crippen molar-refractivity contribution in [2.75, 3.05) is 10.6 Å². The van der Waals surface area contributed by atoms with E-state index in [1.54, 1.807) is 12.1 Å². The van der Waals surface area contributed by atoms with Crippen LogP contribution in [0.25, 0.3) is 11.1 Å². The average Bonchev–Trinajstić information content (AvgIpc) is 3.04. The number of anilines is 2. The number of nitrogens with one attached hydrogen (secondary N) is 3. The van der Waals surface area contributed by atoms with Gasteiger partial charge in [-0.25, -0.2) is 4.79 Å². The van der Waals surface area contributed by atoms with Crippen LogP contribution in [0, 0.1) is 13.8 Å². The van der Waals surface area contributed by atoms with Crippen molar-refractivity contribution in [1.29, 1.82) is 0 Å². The van der Waals surface area contributed by atoms with Gasteiger partial charge in [0.15, 0.2) is 0 Å². The molecule has 0 saturated carbocycles. The summed E-state index contributed by atoms with van der Waals surface area (Å²) < 4.78 is 0. The first-order valence-electron chi connectivity index (χ1n) is 9.27. The topological polar surface area (TPSA) is 70.2 Å². The molecule has 146 valence electrons. The van der Waals surface area contributed by atoms with Gasteiger partial charge in [0.1, 0.15) is 0 Å². The summed E-state index contributed by atoms with van der Waals surface area (Å²) in [7, 11) is 0. The van der Waals surface area contributed by atoms with Gasteiger partial charge in [0.2, 0.25) is 0 Å². The molecule has 0 fully saturated rings. The van der Waals surface area contributed by atoms with Gasteiger partial charge in [-0.2, -0.15) is 0 Å². The lowest BCUT2D eigenvalue weighted by molar-refractivity contribution is 0.0965. The lowest BCUT2D eigenvalue weighted by Crippen LogP contribution is -2.19. The standard InChI is InChI=1S/C23H20ClN3O2/c1-13-8-14(2)10-16(9-13)26-23(29)27-21-7-6-15(11-20(21)24)17-4-3-5-18-19(17)12-25-22(18)28/h3-11H,12H2,1-2H3,(H,25,28)(H2,26,27,29). The summed E-state index contributed by atoms with van der Waals surface area (Å²) in [6.45, 7) is 4.46. The molecular formula is C23H20ClN3O2. The Balaban J connectivity index is 1.54. The van der Waals surface area contributed by atoms with Gasteiger partial charge in [0.05, 0.1) is 10.7 Å². The second-order valence-electron chi connectivity index (χ2n) is 7.16. The fourth-order valence-electron chi connectivity index (χ4n) is 3.64. The van der Waals surface area contributed by atoms with Gasteiger partial charge < -0.3 is 16.0 Å². The van der Waals surface area contributed by atoms with Crippen molar-refractivity contribution in [2.24, 2.45) is 0 Å². The number of carbonyl (C=O) groups excluding carboxylic acids is 2. The summed E-state index contributed by atoms with van der Waals surface area (Å²) in [5.74, 6) is -0.0608. The molecule has 3 aromatic rings. The molecule has 0 unspecified atom stereocenters. The molecule has 0 bridgehead atoms. The van der Waals surface area contributed by atoms with Crippen molar-refractivity contribution < 1.29 is 9.59 Å². The summed E-state index contributed by atoms with van der Waals surface area (Å²) in [6.07, 6.45) is 0. The Kier molecular flexibility index (Phi) is 4.99. The first-order valence-corrected chi connectivity index (χ1v) is 9.65. The van der Waals surface area contributed by atoms with Crippen molar-refractivity contribution in [3.05, 3.63) is 81.9 Å². The zero-order valence-electron chi connectivity index (χ0n) is 16.1. The molecule has 1 heterocycles. The van der Waals surface area contributed by atoms with Crippen LogP contribution in [0.2, 0.25) is 5.02 Å². The summed E-state index contributed by atoms with van der Waals surface area (Å²) in [6, 6.07) is 16.6. The van der Waals surface area contributed by atoms with Crippen LogP contribution >= 0.6 is 11.6 Å². The van der Waals surface area contributed by atoms with E-state index >= 15 is 0 Å². The SMILES string of the molecule is Cc1cc(C)cc(NC(=O)Nc2ccc(-c3cccc4c3CNC4=O)cc2Cl)c1. The van der Waals surface area contributed by atoms with Crippen LogP contribution in [-0.4, -0.2) is 11.9 Å². The number of halogens is 1. The number of benzene rings is 3. The van der Waals surface area contributed by atoms with E-state index in [-0.39, 0.29) is 11.9 Å². The third-order valence-electron chi connectivity index (χ3n) is 4.85. The number of fused-ring (bicyclic) bond motifs is 1. The van der Waals surface area contributed by atoms with E-state index in [0.29, 0.717) is 22.8 Å². The van der Waals surface area contributed by atoms with Crippen molar-refractivity contribution in [1.82, 2.24) is 5.32 Å². The van der Waals surface area contributed by atoms with Crippen molar-refractivity contribution in [3.63, 3.8) is 0 Å². The number of carbonyl (C=O) groups is 2. The Morgan fingerprint density at radius 2 is 1.69 bits per heavy atom. The van der Waals surface area contributed by atoms with Crippen LogP contribution in [0.5, 0.6) is 0 Å². The minimum atomic E-state index is -0.361. The Morgan fingerprint density at radius 3 is 2.41 bits per heavy atom. The summed E-state index contributed by atoms with van der Waals surface area (Å²) in [5, 5.41) is 8.88. The Morgan fingerprint density at radius 1 is 0.966 bits per heavy atom. The third kappa shape index (κ3) is 3.96. The molecule has 3 amide bonds. The molecule has 0 atom stereocenters. The molecule has 3 aromatic carbocycles. The molecule has 0 aromatic heterocycles. The van der Waals surface area contributed by atoms with Crippen molar-refractivity contribution in [2.45, 2.75) is 20.4 Å². The van der Waals surface area contributed by atoms with Gasteiger partial charge in [-0.3, -0.25) is 4.79 Å². The van der Waals surface area contributed by atoms with E-state index in [1.165, 1.54) is 0 Å². The maximum absolute atomic E-state index is 12.4. The van der Waals surface area contributed by atoms with E-state index in [9.17, 15) is 9.59 Å². The first kappa shape index (κ1) is 19.0. The lowest BCUT2D eigenvalue weighted by atomic mass is 9.97. The van der Waals surface area contributed by atoms with Gasteiger partial charge in [-0.15, -0.1) is 0 Å². The molecule has 0 saturated heterocycles. The molecule has 0 spiro atoms. The van der Waals surface area contributed by atoms with E-state index in [1.807, 2.05) is 56.3 Å². The molecular weight excluding hydrogens is 386 g/mol. The van der Waals surface area contributed by atoms with E-state index in [4.69, 9.17) is 11.6 Å². The largest absolute Gasteiger partial charge is 0.348 e. The first-order chi connectivity index (χ1) is 13.9. The highest BCUT2D eigenvalue weighted by Gasteiger charge is 2.22. The second kappa shape index (κ2) is 7.60. The molecule has 6 heteroatoms. The molecule has 1 aliphatic rings. The zero-order valence-corrected chi connectivity index (χ0v) is 16.9. The zero-order chi connectivity index (χ0) is 20.5. The van der Waals surface area contributed by atoms with Crippen LogP contribution in [0.3, 0.4) is 0 Å². The van der Waals surface area contributed by atoms with Gasteiger partial charge in [0, 0.05) is 17.8 Å². The van der Waals surface area contributed by atoms with E-state index < -0.39 is 0 Å². The maximum Gasteiger partial charge on any atom is 0.323 e. The minimum Gasteiger partial charge on any atom is -0.348 e. The number of hydrogen-bond donors (Lipinski definition) is 3. The number of aryl methyl sites for hydroxylation is 2. The smallest absolute Gasteiger partial charge is 0.323 e. The second-order valence-corrected chi connectivity index (χ2v) is 7.57. The molecule has 0 aliphatic carbocycles. The Labute approximate surface area is 174 Å². The van der Waals surface area contributed by atoms with Crippen LogP contribution in [0.4, 0.5) is 16.2 Å². The highest BCUT2D eigenvalue weighted by molar-refractivity contribution is 6.34. The van der Waals surface area contributed by atoms with Crippen LogP contribution in [0.1, 0.15) is 27.0 Å². The van der Waals surface area contributed by atoms with E-state index in [0.717, 1.165) is 33.5 Å². The lowest BCUT2D eigenvalue weighted by Gasteiger charge is -2.12. The molecule has 5 nitrogen and oxygen atoms in total. The molecule has 4 rings (SSSR count). The maximum atomic E-state index is 12.4. The highest BCUT2D eigenvalue weighted by Crippen LogP contribution is 2.33. The number of rotatable bonds is 3. The predicted molar refractivity (Wildman–Crippen MR) is 117 cm³/mol. The van der Waals surface area contributed by atoms with Gasteiger partial charge >= 0.3 is 6.03 Å². The molecule has 3 N–H and O–H groups in total. The van der Waals surface area contributed by atoms with Gasteiger partial charge in [0.25, 0.3) is 5.91 Å². The highest BCUT2D eigenvalue weighted by atomic mass is 35.5. The molecule has 1 aliphatic heterocycles. The molecule has 0 radical (unpaired) electrons. The van der Waals surface area contributed by atoms with Crippen molar-refractivity contribution >= 4 is 34.9 Å². The van der Waals surface area contributed by atoms with Gasteiger partial charge in [-0.1, -0.05) is 35.9 Å². The predicted octanol–water partition coefficient (Wildman–Crippen LogP) is 5.51. The summed E-state index contributed by atoms with van der Waals surface area (Å²) in [4.78, 5) is 24.3. The Bertz CT molecular complexity index is 1120. The third-order valence-corrected chi connectivity index (χ3v) is 5.17. The van der Waals surface area contributed by atoms with Crippen LogP contribution < -0.4 is 16.0 Å². The van der Waals surface area contributed by atoms with E-state index in [2.05, 4.69) is 16.0 Å². The average molecular weight is 406 g/mol. The monoisotopic (exact) mass is 405 g/mol. The minimum absolute atomic E-state index is 0.0608. The Hall–Kier alpha value is -3.31. The summed E-state index contributed by atoms with van der Waals surface area (Å²) >= 11 is 6.43. The summed E-state index contributed by atoms with van der Waals surface area (Å²) in [5.41, 5.74) is 6.88.